The summed E-state index contributed by atoms with van der Waals surface area (Å²) in [5.41, 5.74) is 2.12. The number of rotatable bonds is 3. The Kier molecular flexibility index (Phi) is 3.27. The number of benzene rings is 1. The summed E-state index contributed by atoms with van der Waals surface area (Å²) >= 11 is 0. The monoisotopic (exact) mass is 246 g/mol. The molecule has 3 nitrogen and oxygen atoms in total. The smallest absolute Gasteiger partial charge is 0.0781 e. The molecule has 2 heterocycles. The molecule has 0 aromatic heterocycles. The number of para-hydroxylation sites is 1. The Bertz CT molecular complexity index is 419. The minimum atomic E-state index is -0.405. The summed E-state index contributed by atoms with van der Waals surface area (Å²) < 4.78 is 0. The molecule has 2 saturated heterocycles. The van der Waals surface area contributed by atoms with Gasteiger partial charge in [-0.25, -0.2) is 0 Å². The lowest BCUT2D eigenvalue weighted by Crippen LogP contribution is -2.39. The van der Waals surface area contributed by atoms with Gasteiger partial charge in [-0.2, -0.15) is 0 Å². The molecule has 1 aromatic carbocycles. The molecule has 2 N–H and O–H groups in total. The lowest BCUT2D eigenvalue weighted by molar-refractivity contribution is 0.199. The molecule has 0 amide bonds. The second-order valence-corrected chi connectivity index (χ2v) is 5.65. The van der Waals surface area contributed by atoms with Crippen LogP contribution in [-0.2, 0) is 0 Å². The summed E-state index contributed by atoms with van der Waals surface area (Å²) in [4.78, 5) is 2.56. The summed E-state index contributed by atoms with van der Waals surface area (Å²) in [7, 11) is 0. The highest BCUT2D eigenvalue weighted by Crippen LogP contribution is 2.31. The second-order valence-electron chi connectivity index (χ2n) is 5.65. The van der Waals surface area contributed by atoms with Gasteiger partial charge in [0.05, 0.1) is 6.10 Å². The van der Waals surface area contributed by atoms with Crippen LogP contribution in [0.1, 0.15) is 31.4 Å². The molecule has 98 valence electrons. The van der Waals surface area contributed by atoms with E-state index in [9.17, 15) is 5.11 Å². The molecular weight excluding hydrogens is 224 g/mol. The first-order chi connectivity index (χ1) is 8.74. The van der Waals surface area contributed by atoms with E-state index in [0.29, 0.717) is 6.04 Å². The van der Waals surface area contributed by atoms with Gasteiger partial charge in [-0.05, 0) is 38.3 Å². The maximum Gasteiger partial charge on any atom is 0.0781 e. The van der Waals surface area contributed by atoms with E-state index in [2.05, 4.69) is 16.3 Å². The zero-order valence-corrected chi connectivity index (χ0v) is 11.0. The van der Waals surface area contributed by atoms with Crippen molar-refractivity contribution >= 4 is 5.69 Å². The Balaban J connectivity index is 1.76. The predicted molar refractivity (Wildman–Crippen MR) is 73.7 cm³/mol. The Morgan fingerprint density at radius 1 is 1.28 bits per heavy atom. The van der Waals surface area contributed by atoms with Gasteiger partial charge < -0.3 is 15.3 Å². The van der Waals surface area contributed by atoms with Crippen LogP contribution in [0.15, 0.2) is 24.3 Å². The van der Waals surface area contributed by atoms with E-state index in [4.69, 9.17) is 0 Å². The molecule has 2 aliphatic heterocycles. The van der Waals surface area contributed by atoms with Crippen LogP contribution in [0.25, 0.3) is 0 Å². The third-order valence-electron chi connectivity index (χ3n) is 4.39. The molecule has 3 rings (SSSR count). The van der Waals surface area contributed by atoms with Gasteiger partial charge in [0.25, 0.3) is 0 Å². The third kappa shape index (κ3) is 2.25. The van der Waals surface area contributed by atoms with Crippen LogP contribution in [0.5, 0.6) is 0 Å². The number of hydrogen-bond donors (Lipinski definition) is 2. The number of fused-ring (bicyclic) bond motifs is 2. The number of aliphatic hydroxyl groups excluding tert-OH is 1. The van der Waals surface area contributed by atoms with Gasteiger partial charge in [-0.15, -0.1) is 0 Å². The largest absolute Gasteiger partial charge is 0.389 e. The highest BCUT2D eigenvalue weighted by Gasteiger charge is 2.34. The summed E-state index contributed by atoms with van der Waals surface area (Å²) in [6.07, 6.45) is 2.13. The average molecular weight is 246 g/mol. The van der Waals surface area contributed by atoms with Crippen LogP contribution in [-0.4, -0.2) is 35.7 Å². The van der Waals surface area contributed by atoms with Crippen molar-refractivity contribution < 1.29 is 5.11 Å². The molecule has 18 heavy (non-hydrogen) atoms. The Labute approximate surface area is 109 Å². The van der Waals surface area contributed by atoms with Crippen LogP contribution in [0.4, 0.5) is 5.69 Å². The number of piperidine rings is 1. The molecule has 4 atom stereocenters. The van der Waals surface area contributed by atoms with Crippen LogP contribution >= 0.6 is 0 Å². The topological polar surface area (TPSA) is 35.5 Å². The molecule has 2 fully saturated rings. The standard InChI is InChI=1S/C15H22N2O/c1-11(18)13-4-2-3-5-15(13)16-14-7-9-17-8-6-12(14)10-17/h2-5,11-12,14,16,18H,6-10H2,1H3. The van der Waals surface area contributed by atoms with Gasteiger partial charge in [0.1, 0.15) is 0 Å². The maximum absolute atomic E-state index is 9.82. The molecule has 0 saturated carbocycles. The molecular formula is C15H22N2O. The molecule has 1 aromatic rings. The van der Waals surface area contributed by atoms with Crippen molar-refractivity contribution in [3.63, 3.8) is 0 Å². The SMILES string of the molecule is CC(O)c1ccccc1NC1CCN2CCC1C2. The number of nitrogens with zero attached hydrogens (tertiary/aromatic N) is 1. The molecule has 0 aliphatic carbocycles. The zero-order chi connectivity index (χ0) is 12.5. The van der Waals surface area contributed by atoms with Crippen LogP contribution < -0.4 is 5.32 Å². The van der Waals surface area contributed by atoms with Crippen molar-refractivity contribution in [1.29, 1.82) is 0 Å². The van der Waals surface area contributed by atoms with Crippen molar-refractivity contribution in [2.45, 2.75) is 31.9 Å². The first-order valence-electron chi connectivity index (χ1n) is 7.00. The van der Waals surface area contributed by atoms with Crippen molar-refractivity contribution in [2.24, 2.45) is 5.92 Å². The fourth-order valence-electron chi connectivity index (χ4n) is 3.33. The minimum Gasteiger partial charge on any atom is -0.389 e. The molecule has 4 unspecified atom stereocenters. The van der Waals surface area contributed by atoms with Gasteiger partial charge >= 0.3 is 0 Å². The van der Waals surface area contributed by atoms with E-state index in [-0.39, 0.29) is 0 Å². The van der Waals surface area contributed by atoms with Gasteiger partial charge in [-0.3, -0.25) is 0 Å². The third-order valence-corrected chi connectivity index (χ3v) is 4.39. The first kappa shape index (κ1) is 12.0. The van der Waals surface area contributed by atoms with Gasteiger partial charge in [0.2, 0.25) is 0 Å². The van der Waals surface area contributed by atoms with Gasteiger partial charge in [0, 0.05) is 30.4 Å². The highest BCUT2D eigenvalue weighted by molar-refractivity contribution is 5.53. The number of aliphatic hydroxyl groups is 1. The number of nitrogens with one attached hydrogen (secondary N) is 1. The number of hydrogen-bond acceptors (Lipinski definition) is 3. The fraction of sp³-hybridized carbons (Fsp3) is 0.600. The van der Waals surface area contributed by atoms with Crippen LogP contribution in [0.2, 0.25) is 0 Å². The van der Waals surface area contributed by atoms with Crippen LogP contribution in [0.3, 0.4) is 0 Å². The summed E-state index contributed by atoms with van der Waals surface area (Å²) in [6.45, 7) is 5.55. The second kappa shape index (κ2) is 4.90. The lowest BCUT2D eigenvalue weighted by atomic mass is 9.93. The quantitative estimate of drug-likeness (QED) is 0.858. The van der Waals surface area contributed by atoms with E-state index in [1.807, 2.05) is 25.1 Å². The molecule has 3 heteroatoms. The maximum atomic E-state index is 9.82. The normalized spacial score (nSPS) is 32.2. The number of anilines is 1. The van der Waals surface area contributed by atoms with Crippen LogP contribution in [0, 0.1) is 5.92 Å². The first-order valence-corrected chi connectivity index (χ1v) is 7.00. The molecule has 0 spiro atoms. The predicted octanol–water partition coefficient (Wildman–Crippen LogP) is 2.25. The van der Waals surface area contributed by atoms with E-state index in [0.717, 1.165) is 17.2 Å². The van der Waals surface area contributed by atoms with Gasteiger partial charge in [0.15, 0.2) is 0 Å². The van der Waals surface area contributed by atoms with E-state index >= 15 is 0 Å². The fourth-order valence-corrected chi connectivity index (χ4v) is 3.33. The average Bonchev–Trinajstić information content (AvgIpc) is 2.76. The Morgan fingerprint density at radius 3 is 2.89 bits per heavy atom. The van der Waals surface area contributed by atoms with Crippen molar-refractivity contribution in [2.75, 3.05) is 25.0 Å². The minimum absolute atomic E-state index is 0.405. The Morgan fingerprint density at radius 2 is 2.06 bits per heavy atom. The zero-order valence-electron chi connectivity index (χ0n) is 11.0. The van der Waals surface area contributed by atoms with Crippen molar-refractivity contribution in [3.05, 3.63) is 29.8 Å². The highest BCUT2D eigenvalue weighted by atomic mass is 16.3. The van der Waals surface area contributed by atoms with E-state index in [1.54, 1.807) is 0 Å². The molecule has 2 bridgehead atoms. The van der Waals surface area contributed by atoms with E-state index in [1.165, 1.54) is 32.5 Å². The van der Waals surface area contributed by atoms with Crippen molar-refractivity contribution in [3.8, 4) is 0 Å². The summed E-state index contributed by atoms with van der Waals surface area (Å²) in [6, 6.07) is 8.70. The summed E-state index contributed by atoms with van der Waals surface area (Å²) in [5, 5.41) is 13.5. The molecule has 0 radical (unpaired) electrons. The molecule has 2 aliphatic rings. The van der Waals surface area contributed by atoms with E-state index < -0.39 is 6.10 Å². The summed E-state index contributed by atoms with van der Waals surface area (Å²) in [5.74, 6) is 0.779. The lowest BCUT2D eigenvalue weighted by Gasteiger charge is -2.32. The Hall–Kier alpha value is -1.06. The van der Waals surface area contributed by atoms with Crippen molar-refractivity contribution in [1.82, 2.24) is 4.90 Å². The van der Waals surface area contributed by atoms with Gasteiger partial charge in [-0.1, -0.05) is 18.2 Å².